The van der Waals surface area contributed by atoms with Crippen LogP contribution in [0.1, 0.15) is 18.1 Å². The summed E-state index contributed by atoms with van der Waals surface area (Å²) in [5.41, 5.74) is 3.78. The number of hydrogen-bond donors (Lipinski definition) is 2. The van der Waals surface area contributed by atoms with Crippen LogP contribution in [0, 0.1) is 13.8 Å². The van der Waals surface area contributed by atoms with E-state index in [-0.39, 0.29) is 17.6 Å². The molecule has 2 aromatic rings. The van der Waals surface area contributed by atoms with E-state index in [0.29, 0.717) is 0 Å². The van der Waals surface area contributed by atoms with Gasteiger partial charge in [0.05, 0.1) is 11.4 Å². The molecule has 0 unspecified atom stereocenters. The van der Waals surface area contributed by atoms with Crippen molar-refractivity contribution in [3.8, 4) is 0 Å². The molecule has 0 saturated carbocycles. The number of carbonyl (C=O) groups excluding carboxylic acids is 2. The molecule has 2 N–H and O–H groups in total. The van der Waals surface area contributed by atoms with Gasteiger partial charge in [-0.2, -0.15) is 0 Å². The van der Waals surface area contributed by atoms with Gasteiger partial charge in [0.1, 0.15) is 0 Å². The smallest absolute Gasteiger partial charge is 0.234 e. The summed E-state index contributed by atoms with van der Waals surface area (Å²) in [4.78, 5) is 24.3. The van der Waals surface area contributed by atoms with E-state index in [1.807, 2.05) is 56.3 Å². The topological polar surface area (TPSA) is 58.2 Å². The lowest BCUT2D eigenvalue weighted by Gasteiger charge is -2.11. The highest BCUT2D eigenvalue weighted by atomic mass is 32.2. The highest BCUT2D eigenvalue weighted by Crippen LogP contribution is 2.27. The fraction of sp³-hybridized carbons (Fsp3) is 0.222. The average molecular weight is 328 g/mol. The van der Waals surface area contributed by atoms with Crippen molar-refractivity contribution in [1.29, 1.82) is 0 Å². The van der Waals surface area contributed by atoms with Gasteiger partial charge >= 0.3 is 0 Å². The van der Waals surface area contributed by atoms with Crippen molar-refractivity contribution in [2.24, 2.45) is 0 Å². The minimum absolute atomic E-state index is 0.0682. The van der Waals surface area contributed by atoms with E-state index >= 15 is 0 Å². The summed E-state index contributed by atoms with van der Waals surface area (Å²) in [5, 5.41) is 5.71. The molecule has 0 atom stereocenters. The fourth-order valence-corrected chi connectivity index (χ4v) is 2.91. The van der Waals surface area contributed by atoms with Crippen molar-refractivity contribution in [3.05, 3.63) is 53.6 Å². The molecule has 0 aliphatic rings. The number of benzene rings is 2. The number of nitrogens with one attached hydrogen (secondary N) is 2. The van der Waals surface area contributed by atoms with Crippen LogP contribution in [0.5, 0.6) is 0 Å². The molecular weight excluding hydrogens is 308 g/mol. The van der Waals surface area contributed by atoms with E-state index in [1.165, 1.54) is 18.7 Å². The van der Waals surface area contributed by atoms with Crippen LogP contribution in [-0.4, -0.2) is 17.6 Å². The van der Waals surface area contributed by atoms with Gasteiger partial charge in [0.2, 0.25) is 11.8 Å². The number of rotatable bonds is 5. The van der Waals surface area contributed by atoms with Crippen LogP contribution in [0.4, 0.5) is 11.4 Å². The molecule has 0 bridgehead atoms. The van der Waals surface area contributed by atoms with Gasteiger partial charge in [-0.25, -0.2) is 0 Å². The number of hydrogen-bond acceptors (Lipinski definition) is 3. The average Bonchev–Trinajstić information content (AvgIpc) is 2.50. The molecule has 0 spiro atoms. The summed E-state index contributed by atoms with van der Waals surface area (Å²) in [6.07, 6.45) is 0. The van der Waals surface area contributed by atoms with E-state index in [0.717, 1.165) is 27.4 Å². The second kappa shape index (κ2) is 7.83. The first-order chi connectivity index (χ1) is 11.0. The molecule has 4 nitrogen and oxygen atoms in total. The number of thioether (sulfide) groups is 1. The number of anilines is 2. The van der Waals surface area contributed by atoms with Gasteiger partial charge in [0.25, 0.3) is 0 Å². The van der Waals surface area contributed by atoms with Crippen LogP contribution in [0.3, 0.4) is 0 Å². The maximum absolute atomic E-state index is 12.2. The molecule has 2 amide bonds. The Morgan fingerprint density at radius 2 is 1.65 bits per heavy atom. The monoisotopic (exact) mass is 328 g/mol. The largest absolute Gasteiger partial charge is 0.325 e. The lowest BCUT2D eigenvalue weighted by atomic mass is 10.1. The first kappa shape index (κ1) is 17.1. The highest BCUT2D eigenvalue weighted by Gasteiger charge is 2.09. The van der Waals surface area contributed by atoms with E-state index in [1.54, 1.807) is 0 Å². The first-order valence-corrected chi connectivity index (χ1v) is 8.31. The van der Waals surface area contributed by atoms with Crippen LogP contribution in [0.15, 0.2) is 47.4 Å². The van der Waals surface area contributed by atoms with Crippen LogP contribution < -0.4 is 10.6 Å². The number of carbonyl (C=O) groups is 2. The van der Waals surface area contributed by atoms with Crippen molar-refractivity contribution < 1.29 is 9.59 Å². The number of aryl methyl sites for hydroxylation is 1. The molecule has 120 valence electrons. The predicted octanol–water partition coefficient (Wildman–Crippen LogP) is 3.99. The van der Waals surface area contributed by atoms with Gasteiger partial charge in [-0.15, -0.1) is 11.8 Å². The Bertz CT molecular complexity index is 729. The summed E-state index contributed by atoms with van der Waals surface area (Å²) in [6, 6.07) is 13.3. The quantitative estimate of drug-likeness (QED) is 0.816. The van der Waals surface area contributed by atoms with E-state index in [9.17, 15) is 9.59 Å². The zero-order valence-electron chi connectivity index (χ0n) is 13.5. The van der Waals surface area contributed by atoms with Gasteiger partial charge in [-0.3, -0.25) is 9.59 Å². The Morgan fingerprint density at radius 3 is 2.39 bits per heavy atom. The van der Waals surface area contributed by atoms with Gasteiger partial charge < -0.3 is 10.6 Å². The van der Waals surface area contributed by atoms with Crippen LogP contribution in [-0.2, 0) is 9.59 Å². The van der Waals surface area contributed by atoms with Crippen molar-refractivity contribution in [2.45, 2.75) is 25.7 Å². The summed E-state index contributed by atoms with van der Waals surface area (Å²) >= 11 is 1.40. The standard InChI is InChI=1S/C18H20N2O2S/c1-12-7-6-9-15(13(12)2)20-18(22)11-23-17-10-5-4-8-16(17)19-14(3)21/h4-10H,11H2,1-3H3,(H,19,21)(H,20,22). The molecule has 5 heteroatoms. The first-order valence-electron chi connectivity index (χ1n) is 7.33. The van der Waals surface area contributed by atoms with Crippen molar-refractivity contribution in [3.63, 3.8) is 0 Å². The maximum Gasteiger partial charge on any atom is 0.234 e. The minimum Gasteiger partial charge on any atom is -0.325 e. The Labute approximate surface area is 140 Å². The molecule has 0 aliphatic heterocycles. The zero-order chi connectivity index (χ0) is 16.8. The summed E-state index contributed by atoms with van der Waals surface area (Å²) in [7, 11) is 0. The van der Waals surface area contributed by atoms with E-state index < -0.39 is 0 Å². The van der Waals surface area contributed by atoms with Crippen LogP contribution >= 0.6 is 11.8 Å². The van der Waals surface area contributed by atoms with Crippen LogP contribution in [0.25, 0.3) is 0 Å². The molecule has 0 fully saturated rings. The molecule has 23 heavy (non-hydrogen) atoms. The maximum atomic E-state index is 12.2. The Balaban J connectivity index is 2.00. The molecule has 0 heterocycles. The molecule has 2 rings (SSSR count). The lowest BCUT2D eigenvalue weighted by molar-refractivity contribution is -0.114. The number of amides is 2. The lowest BCUT2D eigenvalue weighted by Crippen LogP contribution is -2.15. The van der Waals surface area contributed by atoms with Crippen molar-refractivity contribution in [1.82, 2.24) is 0 Å². The Hall–Kier alpha value is -2.27. The Morgan fingerprint density at radius 1 is 0.957 bits per heavy atom. The third kappa shape index (κ3) is 4.86. The fourth-order valence-electron chi connectivity index (χ4n) is 2.10. The van der Waals surface area contributed by atoms with Gasteiger partial charge in [-0.05, 0) is 43.2 Å². The van der Waals surface area contributed by atoms with Crippen molar-refractivity contribution >= 4 is 35.0 Å². The van der Waals surface area contributed by atoms with E-state index in [2.05, 4.69) is 10.6 Å². The summed E-state index contributed by atoms with van der Waals surface area (Å²) in [6.45, 7) is 5.47. The van der Waals surface area contributed by atoms with E-state index in [4.69, 9.17) is 0 Å². The van der Waals surface area contributed by atoms with Gasteiger partial charge in [0, 0.05) is 17.5 Å². The second-order valence-electron chi connectivity index (χ2n) is 5.26. The Kier molecular flexibility index (Phi) is 5.82. The van der Waals surface area contributed by atoms with Gasteiger partial charge in [-0.1, -0.05) is 24.3 Å². The summed E-state index contributed by atoms with van der Waals surface area (Å²) < 4.78 is 0. The molecule has 2 aromatic carbocycles. The highest BCUT2D eigenvalue weighted by molar-refractivity contribution is 8.00. The molecular formula is C18H20N2O2S. The molecule has 0 aromatic heterocycles. The second-order valence-corrected chi connectivity index (χ2v) is 6.28. The predicted molar refractivity (Wildman–Crippen MR) is 96.0 cm³/mol. The molecule has 0 saturated heterocycles. The molecule has 0 aliphatic carbocycles. The summed E-state index contributed by atoms with van der Waals surface area (Å²) in [5.74, 6) is 0.0866. The van der Waals surface area contributed by atoms with Crippen molar-refractivity contribution in [2.75, 3.05) is 16.4 Å². The normalized spacial score (nSPS) is 10.2. The minimum atomic E-state index is -0.127. The van der Waals surface area contributed by atoms with Gasteiger partial charge in [0.15, 0.2) is 0 Å². The molecule has 0 radical (unpaired) electrons. The van der Waals surface area contributed by atoms with Crippen LogP contribution in [0.2, 0.25) is 0 Å². The zero-order valence-corrected chi connectivity index (χ0v) is 14.3. The number of para-hydroxylation sites is 1. The third-order valence-electron chi connectivity index (χ3n) is 3.44. The third-order valence-corrected chi connectivity index (χ3v) is 4.51. The SMILES string of the molecule is CC(=O)Nc1ccccc1SCC(=O)Nc1cccc(C)c1C.